The number of aromatic nitrogens is 1. The Balaban J connectivity index is 2.47. The largest absolute Gasteiger partial charge is 0.516 e. The van der Waals surface area contributed by atoms with Gasteiger partial charge in [0.2, 0.25) is 0 Å². The number of esters is 1. The highest BCUT2D eigenvalue weighted by atomic mass is 16.7. The molecular weight excluding hydrogens is 248 g/mol. The van der Waals surface area contributed by atoms with Crippen molar-refractivity contribution in [3.05, 3.63) is 30.1 Å². The number of hydrogen-bond donors (Lipinski definition) is 1. The van der Waals surface area contributed by atoms with Gasteiger partial charge in [0.05, 0.1) is 0 Å². The van der Waals surface area contributed by atoms with Crippen molar-refractivity contribution in [3.8, 4) is 0 Å². The molecule has 0 saturated carbocycles. The Kier molecular flexibility index (Phi) is 5.00. The average Bonchev–Trinajstić information content (AvgIpc) is 2.27. The minimum Gasteiger partial charge on any atom is -0.428 e. The molecule has 0 radical (unpaired) electrons. The standard InChI is InChI=1S/C13H18N2O4/c1-13(2,3)19-12(17)18-11(16)10(14)8-9-4-6-15-7-5-9/h4-7,10H,8,14H2,1-3H3/t10-/m1/s1. The third-order valence-electron chi connectivity index (χ3n) is 2.08. The minimum atomic E-state index is -1.04. The van der Waals surface area contributed by atoms with E-state index in [1.54, 1.807) is 45.3 Å². The fourth-order valence-corrected chi connectivity index (χ4v) is 1.28. The lowest BCUT2D eigenvalue weighted by Crippen LogP contribution is -2.37. The second kappa shape index (κ2) is 6.29. The zero-order valence-corrected chi connectivity index (χ0v) is 11.3. The van der Waals surface area contributed by atoms with Crippen molar-refractivity contribution in [2.75, 3.05) is 0 Å². The van der Waals surface area contributed by atoms with E-state index in [9.17, 15) is 9.59 Å². The molecule has 6 heteroatoms. The zero-order chi connectivity index (χ0) is 14.5. The van der Waals surface area contributed by atoms with E-state index < -0.39 is 23.8 Å². The second-order valence-electron chi connectivity index (χ2n) is 5.05. The van der Waals surface area contributed by atoms with E-state index in [4.69, 9.17) is 10.5 Å². The second-order valence-corrected chi connectivity index (χ2v) is 5.05. The van der Waals surface area contributed by atoms with E-state index in [0.717, 1.165) is 5.56 Å². The lowest BCUT2D eigenvalue weighted by molar-refractivity contribution is -0.142. The first-order valence-electron chi connectivity index (χ1n) is 5.87. The molecule has 0 unspecified atom stereocenters. The first kappa shape index (κ1) is 15.1. The van der Waals surface area contributed by atoms with Crippen LogP contribution in [0.1, 0.15) is 26.3 Å². The summed E-state index contributed by atoms with van der Waals surface area (Å²) in [5.74, 6) is -0.814. The fraction of sp³-hybridized carbons (Fsp3) is 0.462. The number of pyridine rings is 1. The lowest BCUT2D eigenvalue weighted by Gasteiger charge is -2.19. The number of carbonyl (C=O) groups is 2. The van der Waals surface area contributed by atoms with Gasteiger partial charge in [-0.2, -0.15) is 0 Å². The zero-order valence-electron chi connectivity index (χ0n) is 11.3. The topological polar surface area (TPSA) is 91.5 Å². The van der Waals surface area contributed by atoms with Crippen molar-refractivity contribution in [2.45, 2.75) is 38.8 Å². The summed E-state index contributed by atoms with van der Waals surface area (Å²) in [6.45, 7) is 5.03. The molecule has 1 rings (SSSR count). The summed E-state index contributed by atoms with van der Waals surface area (Å²) >= 11 is 0. The Hall–Kier alpha value is -1.95. The summed E-state index contributed by atoms with van der Waals surface area (Å²) in [6, 6.07) is 2.55. The van der Waals surface area contributed by atoms with E-state index in [-0.39, 0.29) is 6.42 Å². The van der Waals surface area contributed by atoms with E-state index in [2.05, 4.69) is 9.72 Å². The third-order valence-corrected chi connectivity index (χ3v) is 2.08. The molecule has 1 aromatic rings. The van der Waals surface area contributed by atoms with E-state index in [1.165, 1.54) is 0 Å². The summed E-state index contributed by atoms with van der Waals surface area (Å²) < 4.78 is 9.38. The van der Waals surface area contributed by atoms with E-state index >= 15 is 0 Å². The number of hydrogen-bond acceptors (Lipinski definition) is 6. The number of rotatable bonds is 3. The molecule has 0 aromatic carbocycles. The van der Waals surface area contributed by atoms with Crippen LogP contribution in [0.3, 0.4) is 0 Å². The average molecular weight is 266 g/mol. The van der Waals surface area contributed by atoms with Crippen molar-refractivity contribution in [1.82, 2.24) is 4.98 Å². The maximum absolute atomic E-state index is 11.6. The quantitative estimate of drug-likeness (QED) is 0.657. The van der Waals surface area contributed by atoms with Gasteiger partial charge in [-0.15, -0.1) is 0 Å². The van der Waals surface area contributed by atoms with Gasteiger partial charge in [0, 0.05) is 12.4 Å². The van der Waals surface area contributed by atoms with Gasteiger partial charge in [-0.05, 0) is 44.9 Å². The number of nitrogens with zero attached hydrogens (tertiary/aromatic N) is 1. The fourth-order valence-electron chi connectivity index (χ4n) is 1.28. The van der Waals surface area contributed by atoms with Crippen LogP contribution in [0.4, 0.5) is 4.79 Å². The highest BCUT2D eigenvalue weighted by Crippen LogP contribution is 2.09. The Morgan fingerprint density at radius 1 is 1.32 bits per heavy atom. The maximum atomic E-state index is 11.6. The highest BCUT2D eigenvalue weighted by molar-refractivity contribution is 5.85. The van der Waals surface area contributed by atoms with Gasteiger partial charge in [-0.3, -0.25) is 4.98 Å². The predicted octanol–water partition coefficient (Wildman–Crippen LogP) is 1.43. The van der Waals surface area contributed by atoms with Gasteiger partial charge in [0.1, 0.15) is 11.6 Å². The molecule has 0 aliphatic carbocycles. The Labute approximate surface area is 111 Å². The molecule has 2 N–H and O–H groups in total. The summed E-state index contributed by atoms with van der Waals surface area (Å²) in [6.07, 6.45) is 2.43. The molecule has 0 amide bonds. The van der Waals surface area contributed by atoms with Crippen LogP contribution in [-0.2, 0) is 20.7 Å². The normalized spacial score (nSPS) is 12.6. The monoisotopic (exact) mass is 266 g/mol. The first-order chi connectivity index (χ1) is 8.78. The van der Waals surface area contributed by atoms with Crippen LogP contribution < -0.4 is 5.73 Å². The van der Waals surface area contributed by atoms with Crippen LogP contribution in [0, 0.1) is 0 Å². The molecule has 0 aliphatic rings. The third kappa shape index (κ3) is 5.96. The molecule has 0 spiro atoms. The van der Waals surface area contributed by atoms with E-state index in [1.807, 2.05) is 0 Å². The van der Waals surface area contributed by atoms with Crippen LogP contribution in [-0.4, -0.2) is 28.8 Å². The number of ether oxygens (including phenoxy) is 2. The van der Waals surface area contributed by atoms with Crippen molar-refractivity contribution in [3.63, 3.8) is 0 Å². The molecule has 1 atom stereocenters. The first-order valence-corrected chi connectivity index (χ1v) is 5.87. The predicted molar refractivity (Wildman–Crippen MR) is 68.2 cm³/mol. The molecule has 1 aromatic heterocycles. The smallest absolute Gasteiger partial charge is 0.428 e. The van der Waals surface area contributed by atoms with Gasteiger partial charge >= 0.3 is 12.1 Å². The SMILES string of the molecule is CC(C)(C)OC(=O)OC(=O)[C@H](N)Cc1ccncc1. The van der Waals surface area contributed by atoms with Crippen molar-refractivity contribution < 1.29 is 19.1 Å². The summed E-state index contributed by atoms with van der Waals surface area (Å²) in [4.78, 5) is 26.7. The molecule has 0 fully saturated rings. The van der Waals surface area contributed by atoms with Crippen molar-refractivity contribution in [2.24, 2.45) is 5.73 Å². The van der Waals surface area contributed by atoms with Crippen molar-refractivity contribution in [1.29, 1.82) is 0 Å². The summed E-state index contributed by atoms with van der Waals surface area (Å²) in [5, 5.41) is 0. The van der Waals surface area contributed by atoms with Gasteiger partial charge in [0.15, 0.2) is 0 Å². The summed E-state index contributed by atoms with van der Waals surface area (Å²) in [7, 11) is 0. The molecule has 6 nitrogen and oxygen atoms in total. The van der Waals surface area contributed by atoms with Gasteiger partial charge in [0.25, 0.3) is 0 Å². The van der Waals surface area contributed by atoms with Gasteiger partial charge in [-0.25, -0.2) is 9.59 Å². The van der Waals surface area contributed by atoms with Gasteiger partial charge < -0.3 is 15.2 Å². The Morgan fingerprint density at radius 3 is 2.42 bits per heavy atom. The number of nitrogens with two attached hydrogens (primary N) is 1. The Morgan fingerprint density at radius 2 is 1.89 bits per heavy atom. The van der Waals surface area contributed by atoms with Crippen LogP contribution in [0.2, 0.25) is 0 Å². The van der Waals surface area contributed by atoms with Crippen LogP contribution in [0.25, 0.3) is 0 Å². The Bertz CT molecular complexity index is 440. The van der Waals surface area contributed by atoms with Gasteiger partial charge in [-0.1, -0.05) is 0 Å². The molecule has 0 bridgehead atoms. The molecule has 19 heavy (non-hydrogen) atoms. The number of carbonyl (C=O) groups excluding carboxylic acids is 2. The maximum Gasteiger partial charge on any atom is 0.516 e. The molecule has 0 aliphatic heterocycles. The molecule has 0 saturated heterocycles. The van der Waals surface area contributed by atoms with Crippen LogP contribution in [0.5, 0.6) is 0 Å². The molecular formula is C13H18N2O4. The minimum absolute atomic E-state index is 0.268. The lowest BCUT2D eigenvalue weighted by atomic mass is 10.1. The highest BCUT2D eigenvalue weighted by Gasteiger charge is 2.23. The molecule has 1 heterocycles. The van der Waals surface area contributed by atoms with Crippen LogP contribution >= 0.6 is 0 Å². The van der Waals surface area contributed by atoms with Crippen LogP contribution in [0.15, 0.2) is 24.5 Å². The molecule has 104 valence electrons. The van der Waals surface area contributed by atoms with Crippen molar-refractivity contribution >= 4 is 12.1 Å². The van der Waals surface area contributed by atoms with E-state index in [0.29, 0.717) is 0 Å². The summed E-state index contributed by atoms with van der Waals surface area (Å²) in [5.41, 5.74) is 5.78.